The first kappa shape index (κ1) is 15.0. The van der Waals surface area contributed by atoms with Crippen molar-refractivity contribution < 1.29 is 0 Å². The van der Waals surface area contributed by atoms with Crippen LogP contribution in [0.2, 0.25) is 0 Å². The van der Waals surface area contributed by atoms with Crippen molar-refractivity contribution in [3.05, 3.63) is 54.2 Å². The van der Waals surface area contributed by atoms with E-state index in [2.05, 4.69) is 58.3 Å². The van der Waals surface area contributed by atoms with Crippen molar-refractivity contribution in [1.82, 2.24) is 15.2 Å². The minimum absolute atomic E-state index is 0.584. The summed E-state index contributed by atoms with van der Waals surface area (Å²) in [6.45, 7) is 6.50. The molecule has 0 radical (unpaired) electrons. The number of hydrogen-bond acceptors (Lipinski definition) is 4. The summed E-state index contributed by atoms with van der Waals surface area (Å²) >= 11 is 0. The van der Waals surface area contributed by atoms with E-state index in [1.165, 1.54) is 5.56 Å². The average Bonchev–Trinajstić information content (AvgIpc) is 2.58. The van der Waals surface area contributed by atoms with Gasteiger partial charge in [0, 0.05) is 51.2 Å². The van der Waals surface area contributed by atoms with Crippen LogP contribution in [0.15, 0.2) is 48.7 Å². The van der Waals surface area contributed by atoms with Gasteiger partial charge in [0.15, 0.2) is 0 Å². The number of anilines is 2. The van der Waals surface area contributed by atoms with E-state index in [1.54, 1.807) is 0 Å². The van der Waals surface area contributed by atoms with Crippen LogP contribution >= 0.6 is 0 Å². The van der Waals surface area contributed by atoms with E-state index in [9.17, 15) is 0 Å². The van der Waals surface area contributed by atoms with Crippen LogP contribution in [0.1, 0.15) is 12.5 Å². The highest BCUT2D eigenvalue weighted by Gasteiger charge is 2.17. The second-order valence-corrected chi connectivity index (χ2v) is 5.94. The average molecular weight is 296 g/mol. The molecule has 1 aliphatic heterocycles. The van der Waals surface area contributed by atoms with E-state index in [1.807, 2.05) is 24.4 Å². The summed E-state index contributed by atoms with van der Waals surface area (Å²) in [6, 6.07) is 15.2. The Morgan fingerprint density at radius 3 is 2.73 bits per heavy atom. The Bertz CT molecular complexity index is 582. The Hall–Kier alpha value is -1.91. The minimum Gasteiger partial charge on any atom is -0.329 e. The van der Waals surface area contributed by atoms with Gasteiger partial charge in [-0.05, 0) is 30.7 Å². The lowest BCUT2D eigenvalue weighted by Crippen LogP contribution is -2.49. The molecule has 3 rings (SSSR count). The van der Waals surface area contributed by atoms with Gasteiger partial charge in [0.05, 0.1) is 0 Å². The number of nitrogens with one attached hydrogen (secondary N) is 1. The van der Waals surface area contributed by atoms with Crippen molar-refractivity contribution in [2.75, 3.05) is 31.6 Å². The van der Waals surface area contributed by atoms with Gasteiger partial charge in [0.1, 0.15) is 5.82 Å². The fourth-order valence-electron chi connectivity index (χ4n) is 2.84. The number of aromatic nitrogens is 1. The molecule has 1 atom stereocenters. The van der Waals surface area contributed by atoms with E-state index < -0.39 is 0 Å². The first-order valence-corrected chi connectivity index (χ1v) is 7.92. The number of rotatable bonds is 4. The molecule has 0 saturated carbocycles. The lowest BCUT2D eigenvalue weighted by atomic mass is 10.2. The van der Waals surface area contributed by atoms with Crippen LogP contribution in [0.4, 0.5) is 11.5 Å². The Labute approximate surface area is 132 Å². The first-order chi connectivity index (χ1) is 10.7. The predicted molar refractivity (Wildman–Crippen MR) is 91.5 cm³/mol. The summed E-state index contributed by atoms with van der Waals surface area (Å²) < 4.78 is 0. The highest BCUT2D eigenvalue weighted by Crippen LogP contribution is 2.21. The van der Waals surface area contributed by atoms with Gasteiger partial charge in [0.25, 0.3) is 0 Å². The van der Waals surface area contributed by atoms with E-state index in [4.69, 9.17) is 0 Å². The first-order valence-electron chi connectivity index (χ1n) is 7.92. The van der Waals surface area contributed by atoms with E-state index in [-0.39, 0.29) is 0 Å². The molecule has 1 fully saturated rings. The number of benzene rings is 1. The van der Waals surface area contributed by atoms with Crippen molar-refractivity contribution in [3.8, 4) is 0 Å². The minimum atomic E-state index is 0.584. The topological polar surface area (TPSA) is 31.4 Å². The molecule has 0 bridgehead atoms. The SMILES string of the molecule is C[C@@H]1CNCCN1Cc1ccc(N(C)c2ccccc2)nc1. The Morgan fingerprint density at radius 2 is 2.05 bits per heavy atom. The zero-order chi connectivity index (χ0) is 15.4. The fraction of sp³-hybridized carbons (Fsp3) is 0.389. The lowest BCUT2D eigenvalue weighted by Gasteiger charge is -2.33. The second-order valence-electron chi connectivity index (χ2n) is 5.94. The van der Waals surface area contributed by atoms with Crippen LogP contribution < -0.4 is 10.2 Å². The Kier molecular flexibility index (Phi) is 4.71. The van der Waals surface area contributed by atoms with Crippen molar-refractivity contribution in [2.24, 2.45) is 0 Å². The van der Waals surface area contributed by atoms with Gasteiger partial charge in [-0.25, -0.2) is 4.98 Å². The van der Waals surface area contributed by atoms with Gasteiger partial charge in [-0.2, -0.15) is 0 Å². The number of piperazine rings is 1. The van der Waals surface area contributed by atoms with Crippen LogP contribution in [0, 0.1) is 0 Å². The normalized spacial score (nSPS) is 19.1. The summed E-state index contributed by atoms with van der Waals surface area (Å²) in [4.78, 5) is 9.25. The van der Waals surface area contributed by atoms with Crippen molar-refractivity contribution in [2.45, 2.75) is 19.5 Å². The van der Waals surface area contributed by atoms with Crippen molar-refractivity contribution >= 4 is 11.5 Å². The molecule has 1 aromatic carbocycles. The zero-order valence-corrected chi connectivity index (χ0v) is 13.4. The van der Waals surface area contributed by atoms with Crippen LogP contribution in [-0.4, -0.2) is 42.6 Å². The number of nitrogens with zero attached hydrogens (tertiary/aromatic N) is 3. The molecule has 0 unspecified atom stereocenters. The summed E-state index contributed by atoms with van der Waals surface area (Å²) in [7, 11) is 2.05. The third-order valence-corrected chi connectivity index (χ3v) is 4.32. The van der Waals surface area contributed by atoms with E-state index in [0.29, 0.717) is 6.04 Å². The summed E-state index contributed by atoms with van der Waals surface area (Å²) in [5.41, 5.74) is 2.43. The maximum atomic E-state index is 4.63. The molecule has 4 nitrogen and oxygen atoms in total. The molecule has 4 heteroatoms. The molecule has 2 aromatic rings. The van der Waals surface area contributed by atoms with Crippen molar-refractivity contribution in [3.63, 3.8) is 0 Å². The predicted octanol–water partition coefficient (Wildman–Crippen LogP) is 2.64. The highest BCUT2D eigenvalue weighted by molar-refractivity contribution is 5.58. The van der Waals surface area contributed by atoms with E-state index in [0.717, 1.165) is 37.7 Å². The van der Waals surface area contributed by atoms with Crippen molar-refractivity contribution in [1.29, 1.82) is 0 Å². The molecule has 1 aromatic heterocycles. The lowest BCUT2D eigenvalue weighted by molar-refractivity contribution is 0.165. The van der Waals surface area contributed by atoms with Crippen LogP contribution in [0.5, 0.6) is 0 Å². The van der Waals surface area contributed by atoms with Gasteiger partial charge in [0.2, 0.25) is 0 Å². The molecular weight excluding hydrogens is 272 g/mol. The maximum absolute atomic E-state index is 4.63. The molecule has 0 aliphatic carbocycles. The Morgan fingerprint density at radius 1 is 1.23 bits per heavy atom. The zero-order valence-electron chi connectivity index (χ0n) is 13.4. The largest absolute Gasteiger partial charge is 0.329 e. The molecule has 2 heterocycles. The van der Waals surface area contributed by atoms with Gasteiger partial charge in [-0.15, -0.1) is 0 Å². The van der Waals surface area contributed by atoms with Gasteiger partial charge in [-0.1, -0.05) is 24.3 Å². The smallest absolute Gasteiger partial charge is 0.132 e. The van der Waals surface area contributed by atoms with Gasteiger partial charge >= 0.3 is 0 Å². The fourth-order valence-corrected chi connectivity index (χ4v) is 2.84. The summed E-state index contributed by atoms with van der Waals surface area (Å²) in [5.74, 6) is 0.975. The maximum Gasteiger partial charge on any atom is 0.132 e. The summed E-state index contributed by atoms with van der Waals surface area (Å²) in [6.07, 6.45) is 2.00. The summed E-state index contributed by atoms with van der Waals surface area (Å²) in [5, 5.41) is 3.43. The van der Waals surface area contributed by atoms with Gasteiger partial charge < -0.3 is 10.2 Å². The highest BCUT2D eigenvalue weighted by atomic mass is 15.2. The second kappa shape index (κ2) is 6.90. The van der Waals surface area contributed by atoms with Crippen LogP contribution in [0.25, 0.3) is 0 Å². The standard InChI is InChI=1S/C18H24N4/c1-15-12-19-10-11-22(15)14-16-8-9-18(20-13-16)21(2)17-6-4-3-5-7-17/h3-9,13,15,19H,10-12,14H2,1-2H3/t15-/m1/s1. The number of pyridine rings is 1. The quantitative estimate of drug-likeness (QED) is 0.940. The monoisotopic (exact) mass is 296 g/mol. The van der Waals surface area contributed by atoms with Crippen LogP contribution in [0.3, 0.4) is 0 Å². The third-order valence-electron chi connectivity index (χ3n) is 4.32. The van der Waals surface area contributed by atoms with E-state index >= 15 is 0 Å². The Balaban J connectivity index is 1.67. The molecule has 116 valence electrons. The molecular formula is C18H24N4. The number of hydrogen-bond donors (Lipinski definition) is 1. The molecule has 0 spiro atoms. The molecule has 0 amide bonds. The molecule has 1 saturated heterocycles. The van der Waals surface area contributed by atoms with Gasteiger partial charge in [-0.3, -0.25) is 4.90 Å². The molecule has 22 heavy (non-hydrogen) atoms. The van der Waals surface area contributed by atoms with Crippen LogP contribution in [-0.2, 0) is 6.54 Å². The third kappa shape index (κ3) is 3.46. The number of para-hydroxylation sites is 1. The molecule has 1 N–H and O–H groups in total. The molecule has 1 aliphatic rings.